The number of benzene rings is 1. The average molecular weight is 293 g/mol. The summed E-state index contributed by atoms with van der Waals surface area (Å²) in [5.74, 6) is -0.559. The van der Waals surface area contributed by atoms with Crippen LogP contribution in [0.25, 0.3) is 0 Å². The third-order valence-electron chi connectivity index (χ3n) is 2.87. The van der Waals surface area contributed by atoms with Crippen molar-refractivity contribution in [2.75, 3.05) is 13.1 Å². The molecule has 1 fully saturated rings. The molecule has 7 heteroatoms. The zero-order valence-electron chi connectivity index (χ0n) is 9.62. The molecule has 0 spiro atoms. The van der Waals surface area contributed by atoms with Gasteiger partial charge in [0.2, 0.25) is 10.0 Å². The van der Waals surface area contributed by atoms with E-state index in [1.165, 1.54) is 6.07 Å². The van der Waals surface area contributed by atoms with E-state index in [-0.39, 0.29) is 16.0 Å². The largest absolute Gasteiger partial charge is 0.313 e. The molecule has 0 aliphatic carbocycles. The van der Waals surface area contributed by atoms with Crippen molar-refractivity contribution in [3.05, 3.63) is 29.0 Å². The normalized spacial score (nSPS) is 20.2. The molecule has 4 nitrogen and oxygen atoms in total. The van der Waals surface area contributed by atoms with Crippen molar-refractivity contribution in [3.8, 4) is 0 Å². The van der Waals surface area contributed by atoms with Gasteiger partial charge >= 0.3 is 0 Å². The Hall–Kier alpha value is -0.690. The molecule has 0 saturated carbocycles. The van der Waals surface area contributed by atoms with Gasteiger partial charge in [-0.2, -0.15) is 0 Å². The van der Waals surface area contributed by atoms with Crippen LogP contribution in [0.1, 0.15) is 12.8 Å². The minimum Gasteiger partial charge on any atom is -0.313 e. The molecule has 1 heterocycles. The predicted octanol–water partition coefficient (Wildman–Crippen LogP) is 1.51. The van der Waals surface area contributed by atoms with E-state index in [0.29, 0.717) is 6.54 Å². The van der Waals surface area contributed by atoms with Crippen molar-refractivity contribution in [2.24, 2.45) is 0 Å². The van der Waals surface area contributed by atoms with Crippen molar-refractivity contribution in [3.63, 3.8) is 0 Å². The number of nitrogens with one attached hydrogen (secondary N) is 2. The molecule has 0 bridgehead atoms. The second-order valence-electron chi connectivity index (χ2n) is 4.22. The Morgan fingerprint density at radius 3 is 2.89 bits per heavy atom. The highest BCUT2D eigenvalue weighted by Crippen LogP contribution is 2.22. The second kappa shape index (κ2) is 5.52. The zero-order valence-corrected chi connectivity index (χ0v) is 11.2. The van der Waals surface area contributed by atoms with Gasteiger partial charge in [0.25, 0.3) is 0 Å². The highest BCUT2D eigenvalue weighted by Gasteiger charge is 2.21. The van der Waals surface area contributed by atoms with Crippen LogP contribution in [0, 0.1) is 5.82 Å². The molecule has 1 aliphatic rings. The van der Waals surface area contributed by atoms with Gasteiger partial charge in [0.15, 0.2) is 0 Å². The van der Waals surface area contributed by atoms with Crippen molar-refractivity contribution >= 4 is 21.6 Å². The minimum absolute atomic E-state index is 0.0939. The second-order valence-corrected chi connectivity index (χ2v) is 6.36. The van der Waals surface area contributed by atoms with Gasteiger partial charge < -0.3 is 5.32 Å². The Kier molecular flexibility index (Phi) is 4.21. The summed E-state index contributed by atoms with van der Waals surface area (Å²) in [6, 6.07) is 3.39. The van der Waals surface area contributed by atoms with Gasteiger partial charge in [-0.25, -0.2) is 17.5 Å². The lowest BCUT2D eigenvalue weighted by Gasteiger charge is -2.12. The third kappa shape index (κ3) is 3.20. The maximum atomic E-state index is 12.9. The molecular formula is C11H14ClFN2O2S. The SMILES string of the molecule is O=S(=O)(NCC1CCCN1)c1ccc(F)cc1Cl. The van der Waals surface area contributed by atoms with Crippen LogP contribution in [-0.2, 0) is 10.0 Å². The first-order chi connectivity index (χ1) is 8.49. The van der Waals surface area contributed by atoms with Gasteiger partial charge in [-0.1, -0.05) is 11.6 Å². The molecule has 0 aromatic heterocycles. The summed E-state index contributed by atoms with van der Waals surface area (Å²) in [4.78, 5) is -0.0939. The first kappa shape index (κ1) is 13.7. The summed E-state index contributed by atoms with van der Waals surface area (Å²) >= 11 is 5.73. The van der Waals surface area contributed by atoms with E-state index in [1.54, 1.807) is 0 Å². The van der Waals surface area contributed by atoms with Crippen molar-refractivity contribution in [1.82, 2.24) is 10.0 Å². The molecule has 1 saturated heterocycles. The number of halogens is 2. The molecular weight excluding hydrogens is 279 g/mol. The van der Waals surface area contributed by atoms with Crippen LogP contribution in [0.2, 0.25) is 5.02 Å². The van der Waals surface area contributed by atoms with Gasteiger partial charge in [0.1, 0.15) is 10.7 Å². The summed E-state index contributed by atoms with van der Waals surface area (Å²) in [5, 5.41) is 3.08. The van der Waals surface area contributed by atoms with E-state index < -0.39 is 15.8 Å². The van der Waals surface area contributed by atoms with E-state index in [4.69, 9.17) is 11.6 Å². The number of sulfonamides is 1. The van der Waals surface area contributed by atoms with Gasteiger partial charge in [-0.05, 0) is 37.6 Å². The first-order valence-electron chi connectivity index (χ1n) is 5.67. The first-order valence-corrected chi connectivity index (χ1v) is 7.53. The van der Waals surface area contributed by atoms with Crippen molar-refractivity contribution < 1.29 is 12.8 Å². The molecule has 18 heavy (non-hydrogen) atoms. The molecule has 1 aromatic carbocycles. The Bertz CT molecular complexity index is 530. The van der Waals surface area contributed by atoms with E-state index in [9.17, 15) is 12.8 Å². The topological polar surface area (TPSA) is 58.2 Å². The van der Waals surface area contributed by atoms with Crippen LogP contribution in [0.15, 0.2) is 23.1 Å². The van der Waals surface area contributed by atoms with Crippen LogP contribution < -0.4 is 10.0 Å². The fourth-order valence-corrected chi connectivity index (χ4v) is 3.52. The standard InChI is InChI=1S/C11H14ClFN2O2S/c12-10-6-8(13)3-4-11(10)18(16,17)15-7-9-2-1-5-14-9/h3-4,6,9,14-15H,1-2,5,7H2. The fourth-order valence-electron chi connectivity index (χ4n) is 1.91. The predicted molar refractivity (Wildman–Crippen MR) is 67.6 cm³/mol. The van der Waals surface area contributed by atoms with Crippen LogP contribution in [0.4, 0.5) is 4.39 Å². The Morgan fingerprint density at radius 1 is 1.50 bits per heavy atom. The molecule has 1 aliphatic heterocycles. The molecule has 0 radical (unpaired) electrons. The van der Waals surface area contributed by atoms with E-state index in [2.05, 4.69) is 10.0 Å². The Morgan fingerprint density at radius 2 is 2.28 bits per heavy atom. The lowest BCUT2D eigenvalue weighted by Crippen LogP contribution is -2.37. The van der Waals surface area contributed by atoms with E-state index in [1.807, 2.05) is 0 Å². The highest BCUT2D eigenvalue weighted by atomic mass is 35.5. The number of hydrogen-bond acceptors (Lipinski definition) is 3. The highest BCUT2D eigenvalue weighted by molar-refractivity contribution is 7.89. The number of hydrogen-bond donors (Lipinski definition) is 2. The zero-order chi connectivity index (χ0) is 13.2. The van der Waals surface area contributed by atoms with Gasteiger partial charge in [0.05, 0.1) is 5.02 Å². The summed E-state index contributed by atoms with van der Waals surface area (Å²) in [6.07, 6.45) is 1.99. The van der Waals surface area contributed by atoms with E-state index in [0.717, 1.165) is 31.5 Å². The van der Waals surface area contributed by atoms with Gasteiger partial charge in [-0.15, -0.1) is 0 Å². The molecule has 2 rings (SSSR count). The fraction of sp³-hybridized carbons (Fsp3) is 0.455. The minimum atomic E-state index is -3.68. The number of rotatable bonds is 4. The van der Waals surface area contributed by atoms with Gasteiger partial charge in [0, 0.05) is 12.6 Å². The van der Waals surface area contributed by atoms with Gasteiger partial charge in [-0.3, -0.25) is 0 Å². The average Bonchev–Trinajstić information content (AvgIpc) is 2.78. The third-order valence-corrected chi connectivity index (χ3v) is 4.77. The Labute approximate surface area is 111 Å². The molecule has 1 atom stereocenters. The summed E-state index contributed by atoms with van der Waals surface area (Å²) in [6.45, 7) is 1.22. The Balaban J connectivity index is 2.09. The van der Waals surface area contributed by atoms with Crippen molar-refractivity contribution in [2.45, 2.75) is 23.8 Å². The van der Waals surface area contributed by atoms with Crippen LogP contribution in [0.5, 0.6) is 0 Å². The molecule has 100 valence electrons. The van der Waals surface area contributed by atoms with E-state index >= 15 is 0 Å². The summed E-state index contributed by atoms with van der Waals surface area (Å²) in [5.41, 5.74) is 0. The summed E-state index contributed by atoms with van der Waals surface area (Å²) in [7, 11) is -3.68. The maximum absolute atomic E-state index is 12.9. The molecule has 1 unspecified atom stereocenters. The van der Waals surface area contributed by atoms with Crippen molar-refractivity contribution in [1.29, 1.82) is 0 Å². The lowest BCUT2D eigenvalue weighted by atomic mass is 10.2. The molecule has 1 aromatic rings. The summed E-state index contributed by atoms with van der Waals surface area (Å²) < 4.78 is 39.3. The molecule has 0 amide bonds. The van der Waals surface area contributed by atoms with Crippen LogP contribution in [0.3, 0.4) is 0 Å². The maximum Gasteiger partial charge on any atom is 0.242 e. The quantitative estimate of drug-likeness (QED) is 0.884. The monoisotopic (exact) mass is 292 g/mol. The smallest absolute Gasteiger partial charge is 0.242 e. The van der Waals surface area contributed by atoms with Crippen LogP contribution in [-0.4, -0.2) is 27.5 Å². The lowest BCUT2D eigenvalue weighted by molar-refractivity contribution is 0.551. The molecule has 2 N–H and O–H groups in total. The van der Waals surface area contributed by atoms with Crippen LogP contribution >= 0.6 is 11.6 Å².